The van der Waals surface area contributed by atoms with Crippen molar-refractivity contribution in [2.75, 3.05) is 12.8 Å². The molecule has 18 heavy (non-hydrogen) atoms. The Bertz CT molecular complexity index is 594. The van der Waals surface area contributed by atoms with Gasteiger partial charge in [0.1, 0.15) is 0 Å². The number of hydrogen-bond acceptors (Lipinski definition) is 3. The molecule has 1 aromatic carbocycles. The monoisotopic (exact) mass is 265 g/mol. The third-order valence-corrected chi connectivity index (χ3v) is 3.23. The number of carbonyl (C=O) groups excluding carboxylic acids is 1. The van der Waals surface area contributed by atoms with Crippen molar-refractivity contribution >= 4 is 15.7 Å². The van der Waals surface area contributed by atoms with Gasteiger partial charge < -0.3 is 5.32 Å². The largest absolute Gasteiger partial charge is 0.355 e. The summed E-state index contributed by atoms with van der Waals surface area (Å²) in [5, 5.41) is 2.63. The van der Waals surface area contributed by atoms with Crippen molar-refractivity contribution in [3.05, 3.63) is 29.8 Å². The van der Waals surface area contributed by atoms with E-state index in [1.54, 1.807) is 18.2 Å². The lowest BCUT2D eigenvalue weighted by molar-refractivity contribution is -0.118. The number of amides is 1. The van der Waals surface area contributed by atoms with E-state index in [2.05, 4.69) is 17.2 Å². The van der Waals surface area contributed by atoms with Gasteiger partial charge in [0.05, 0.1) is 4.90 Å². The topological polar surface area (TPSA) is 63.2 Å². The van der Waals surface area contributed by atoms with Crippen molar-refractivity contribution in [3.8, 4) is 11.8 Å². The van der Waals surface area contributed by atoms with Crippen LogP contribution < -0.4 is 5.32 Å². The molecule has 0 heterocycles. The van der Waals surface area contributed by atoms with Crippen molar-refractivity contribution in [2.45, 2.75) is 18.2 Å². The average Bonchev–Trinajstić information content (AvgIpc) is 2.27. The quantitative estimate of drug-likeness (QED) is 0.654. The van der Waals surface area contributed by atoms with Crippen molar-refractivity contribution < 1.29 is 13.2 Å². The lowest BCUT2D eigenvalue weighted by Crippen LogP contribution is -2.20. The van der Waals surface area contributed by atoms with Crippen LogP contribution in [0.25, 0.3) is 0 Å². The Labute approximate surface area is 107 Å². The summed E-state index contributed by atoms with van der Waals surface area (Å²) >= 11 is 0. The minimum absolute atomic E-state index is 0.0872. The van der Waals surface area contributed by atoms with E-state index in [0.717, 1.165) is 6.26 Å². The predicted molar refractivity (Wildman–Crippen MR) is 69.7 cm³/mol. The van der Waals surface area contributed by atoms with Crippen molar-refractivity contribution in [2.24, 2.45) is 0 Å². The van der Waals surface area contributed by atoms with Crippen LogP contribution in [0.5, 0.6) is 0 Å². The van der Waals surface area contributed by atoms with Gasteiger partial charge in [-0.3, -0.25) is 4.79 Å². The SMILES string of the molecule is CC(=O)NCCC#Cc1cccc(S(C)(=O)=O)c1. The Morgan fingerprint density at radius 3 is 2.72 bits per heavy atom. The fourth-order valence-electron chi connectivity index (χ4n) is 1.27. The molecule has 1 aromatic rings. The molecule has 0 spiro atoms. The maximum atomic E-state index is 11.3. The summed E-state index contributed by atoms with van der Waals surface area (Å²) in [4.78, 5) is 10.9. The lowest BCUT2D eigenvalue weighted by Gasteiger charge is -1.98. The summed E-state index contributed by atoms with van der Waals surface area (Å²) < 4.78 is 22.7. The Kier molecular flexibility index (Phi) is 4.93. The van der Waals surface area contributed by atoms with Gasteiger partial charge >= 0.3 is 0 Å². The smallest absolute Gasteiger partial charge is 0.216 e. The lowest BCUT2D eigenvalue weighted by atomic mass is 10.2. The van der Waals surface area contributed by atoms with Gasteiger partial charge in [0.15, 0.2) is 9.84 Å². The van der Waals surface area contributed by atoms with Gasteiger partial charge in [-0.05, 0) is 18.2 Å². The number of nitrogens with one attached hydrogen (secondary N) is 1. The number of benzene rings is 1. The van der Waals surface area contributed by atoms with Crippen LogP contribution in [0.3, 0.4) is 0 Å². The van der Waals surface area contributed by atoms with Gasteiger partial charge in [0, 0.05) is 31.7 Å². The van der Waals surface area contributed by atoms with Crippen LogP contribution in [0.15, 0.2) is 29.2 Å². The molecule has 0 saturated heterocycles. The third-order valence-electron chi connectivity index (χ3n) is 2.12. The van der Waals surface area contributed by atoms with Crippen molar-refractivity contribution in [1.82, 2.24) is 5.32 Å². The second kappa shape index (κ2) is 6.22. The molecule has 1 N–H and O–H groups in total. The molecule has 0 fully saturated rings. The average molecular weight is 265 g/mol. The van der Waals surface area contributed by atoms with E-state index in [-0.39, 0.29) is 10.8 Å². The number of carbonyl (C=O) groups is 1. The van der Waals surface area contributed by atoms with Crippen LogP contribution in [0, 0.1) is 11.8 Å². The zero-order valence-electron chi connectivity index (χ0n) is 10.4. The maximum absolute atomic E-state index is 11.3. The second-order valence-electron chi connectivity index (χ2n) is 3.83. The van der Waals surface area contributed by atoms with Crippen molar-refractivity contribution in [1.29, 1.82) is 0 Å². The number of sulfone groups is 1. The molecule has 0 saturated carbocycles. The van der Waals surface area contributed by atoms with E-state index < -0.39 is 9.84 Å². The highest BCUT2D eigenvalue weighted by Gasteiger charge is 2.05. The molecule has 1 rings (SSSR count). The Morgan fingerprint density at radius 2 is 2.11 bits per heavy atom. The normalized spacial score (nSPS) is 10.3. The highest BCUT2D eigenvalue weighted by atomic mass is 32.2. The fourth-order valence-corrected chi connectivity index (χ4v) is 1.94. The van der Waals surface area contributed by atoms with Gasteiger partial charge in [-0.2, -0.15) is 0 Å². The van der Waals surface area contributed by atoms with E-state index in [1.807, 2.05) is 0 Å². The first-order valence-electron chi connectivity index (χ1n) is 5.43. The molecule has 0 aliphatic heterocycles. The van der Waals surface area contributed by atoms with Crippen molar-refractivity contribution in [3.63, 3.8) is 0 Å². The minimum Gasteiger partial charge on any atom is -0.355 e. The summed E-state index contributed by atoms with van der Waals surface area (Å²) in [5.41, 5.74) is 0.653. The standard InChI is InChI=1S/C13H15NO3S/c1-11(15)14-9-4-3-6-12-7-5-8-13(10-12)18(2,16)17/h5,7-8,10H,4,9H2,1-2H3,(H,14,15). The molecule has 0 atom stereocenters. The summed E-state index contributed by atoms with van der Waals surface area (Å²) in [6, 6.07) is 6.49. The first-order chi connectivity index (χ1) is 8.39. The van der Waals surface area contributed by atoms with Gasteiger partial charge in [0.25, 0.3) is 0 Å². The maximum Gasteiger partial charge on any atom is 0.216 e. The molecule has 0 aromatic heterocycles. The first kappa shape index (κ1) is 14.3. The van der Waals surface area contributed by atoms with Crippen LogP contribution in [-0.4, -0.2) is 27.1 Å². The van der Waals surface area contributed by atoms with Crippen LogP contribution in [-0.2, 0) is 14.6 Å². The van der Waals surface area contributed by atoms with Crippen LogP contribution >= 0.6 is 0 Å². The molecular formula is C13H15NO3S. The van der Waals surface area contributed by atoms with E-state index >= 15 is 0 Å². The third kappa shape index (κ3) is 5.02. The summed E-state index contributed by atoms with van der Waals surface area (Å²) in [6.07, 6.45) is 1.69. The number of hydrogen-bond donors (Lipinski definition) is 1. The molecule has 96 valence electrons. The molecule has 0 aliphatic carbocycles. The van der Waals surface area contributed by atoms with E-state index in [1.165, 1.54) is 13.0 Å². The zero-order valence-corrected chi connectivity index (χ0v) is 11.2. The Balaban J connectivity index is 2.69. The first-order valence-corrected chi connectivity index (χ1v) is 7.32. The minimum atomic E-state index is -3.20. The van der Waals surface area contributed by atoms with E-state index in [9.17, 15) is 13.2 Å². The summed E-state index contributed by atoms with van der Waals surface area (Å²) in [7, 11) is -3.20. The molecular weight excluding hydrogens is 250 g/mol. The highest BCUT2D eigenvalue weighted by molar-refractivity contribution is 7.90. The number of rotatable bonds is 3. The highest BCUT2D eigenvalue weighted by Crippen LogP contribution is 2.10. The molecule has 0 aliphatic rings. The summed E-state index contributed by atoms with van der Waals surface area (Å²) in [6.45, 7) is 1.94. The molecule has 0 bridgehead atoms. The fraction of sp³-hybridized carbons (Fsp3) is 0.308. The van der Waals surface area contributed by atoms with E-state index in [4.69, 9.17) is 0 Å². The molecule has 5 heteroatoms. The van der Waals surface area contributed by atoms with Crippen LogP contribution in [0.4, 0.5) is 0 Å². The zero-order chi connectivity index (χ0) is 13.6. The van der Waals surface area contributed by atoms with Gasteiger partial charge in [-0.1, -0.05) is 17.9 Å². The van der Waals surface area contributed by atoms with E-state index in [0.29, 0.717) is 18.5 Å². The molecule has 0 unspecified atom stereocenters. The summed E-state index contributed by atoms with van der Waals surface area (Å²) in [5.74, 6) is 5.65. The molecule has 1 amide bonds. The van der Waals surface area contributed by atoms with Gasteiger partial charge in [0.2, 0.25) is 5.91 Å². The molecule has 0 radical (unpaired) electrons. The second-order valence-corrected chi connectivity index (χ2v) is 5.85. The Morgan fingerprint density at radius 1 is 1.39 bits per heavy atom. The van der Waals surface area contributed by atoms with Crippen LogP contribution in [0.2, 0.25) is 0 Å². The predicted octanol–water partition coefficient (Wildman–Crippen LogP) is 0.968. The van der Waals surface area contributed by atoms with Crippen LogP contribution in [0.1, 0.15) is 18.9 Å². The molecule has 4 nitrogen and oxygen atoms in total. The van der Waals surface area contributed by atoms with Gasteiger partial charge in [-0.15, -0.1) is 0 Å². The van der Waals surface area contributed by atoms with Gasteiger partial charge in [-0.25, -0.2) is 8.42 Å². The Hall–Kier alpha value is -1.80.